The lowest BCUT2D eigenvalue weighted by Gasteiger charge is -2.24. The number of esters is 1. The second-order valence-electron chi connectivity index (χ2n) is 8.36. The quantitative estimate of drug-likeness (QED) is 0.692. The second kappa shape index (κ2) is 9.20. The van der Waals surface area contributed by atoms with Crippen molar-refractivity contribution in [1.82, 2.24) is 10.6 Å². The van der Waals surface area contributed by atoms with Crippen LogP contribution in [-0.4, -0.2) is 43.2 Å². The van der Waals surface area contributed by atoms with Crippen molar-refractivity contribution in [1.29, 1.82) is 0 Å². The summed E-state index contributed by atoms with van der Waals surface area (Å²) >= 11 is 0. The zero-order valence-electron chi connectivity index (χ0n) is 18.9. The highest BCUT2D eigenvalue weighted by Crippen LogP contribution is 2.44. The highest BCUT2D eigenvalue weighted by molar-refractivity contribution is 5.88. The number of benzene rings is 2. The Kier molecular flexibility index (Phi) is 6.21. The van der Waals surface area contributed by atoms with Crippen molar-refractivity contribution in [2.75, 3.05) is 13.6 Å². The molecular formula is C24H28N2O5. The first-order valence-electron chi connectivity index (χ1n) is 10.8. The molecule has 0 aliphatic heterocycles. The lowest BCUT2D eigenvalue weighted by molar-refractivity contribution is -0.158. The molecule has 1 atom stereocenters. The van der Waals surface area contributed by atoms with E-state index in [0.717, 1.165) is 22.3 Å². The van der Waals surface area contributed by atoms with Crippen LogP contribution in [0.25, 0.3) is 11.1 Å². The van der Waals surface area contributed by atoms with E-state index < -0.39 is 29.6 Å². The van der Waals surface area contributed by atoms with Gasteiger partial charge in [-0.2, -0.15) is 0 Å². The van der Waals surface area contributed by atoms with Gasteiger partial charge in [0.05, 0.1) is 6.42 Å². The van der Waals surface area contributed by atoms with Crippen LogP contribution in [0, 0.1) is 0 Å². The molecule has 0 saturated carbocycles. The Labute approximate surface area is 183 Å². The SMILES string of the molecule is [2H]CNC(=O)C[C@H](NC(=O)OCC1c2ccccc2-c2ccccc21)C(=O)OC(C)(C)C. The van der Waals surface area contributed by atoms with Gasteiger partial charge in [-0.25, -0.2) is 9.59 Å². The second-order valence-corrected chi connectivity index (χ2v) is 8.36. The van der Waals surface area contributed by atoms with Crippen LogP contribution in [0.4, 0.5) is 4.79 Å². The lowest BCUT2D eigenvalue weighted by atomic mass is 9.98. The van der Waals surface area contributed by atoms with Gasteiger partial charge >= 0.3 is 12.1 Å². The molecule has 7 nitrogen and oxygen atoms in total. The van der Waals surface area contributed by atoms with Crippen molar-refractivity contribution in [2.24, 2.45) is 0 Å². The number of hydrogen-bond acceptors (Lipinski definition) is 5. The summed E-state index contributed by atoms with van der Waals surface area (Å²) in [6, 6.07) is 14.7. The first-order valence-corrected chi connectivity index (χ1v) is 10.1. The standard InChI is InChI=1S/C24H28N2O5/c1-24(2,3)31-22(28)20(13-21(27)25-4)26-23(29)30-14-19-17-11-7-5-9-15(17)16-10-6-8-12-18(16)19/h5-12,19-20H,13-14H2,1-4H3,(H,25,27)(H,26,29)/t20-/m0/s1/i4D. The van der Waals surface area contributed by atoms with E-state index >= 15 is 0 Å². The zero-order chi connectivity index (χ0) is 23.3. The van der Waals surface area contributed by atoms with Crippen molar-refractivity contribution < 1.29 is 25.2 Å². The van der Waals surface area contributed by atoms with E-state index in [1.165, 1.54) is 0 Å². The molecule has 2 aromatic rings. The molecule has 164 valence electrons. The lowest BCUT2D eigenvalue weighted by Crippen LogP contribution is -2.46. The van der Waals surface area contributed by atoms with Crippen LogP contribution >= 0.6 is 0 Å². The van der Waals surface area contributed by atoms with E-state index in [0.29, 0.717) is 0 Å². The van der Waals surface area contributed by atoms with Gasteiger partial charge in [-0.1, -0.05) is 48.5 Å². The topological polar surface area (TPSA) is 93.7 Å². The molecule has 0 unspecified atom stereocenters. The van der Waals surface area contributed by atoms with Gasteiger partial charge in [0.1, 0.15) is 18.2 Å². The summed E-state index contributed by atoms with van der Waals surface area (Å²) in [5.74, 6) is -1.42. The molecule has 2 aromatic carbocycles. The van der Waals surface area contributed by atoms with E-state index in [4.69, 9.17) is 10.8 Å². The summed E-state index contributed by atoms with van der Waals surface area (Å²) in [4.78, 5) is 37.0. The molecular weight excluding hydrogens is 396 g/mol. The van der Waals surface area contributed by atoms with Crippen molar-refractivity contribution in [3.8, 4) is 11.1 Å². The summed E-state index contributed by atoms with van der Waals surface area (Å²) in [5, 5.41) is 4.74. The molecule has 2 amide bonds. The molecule has 0 bridgehead atoms. The van der Waals surface area contributed by atoms with Gasteiger partial charge in [-0.15, -0.1) is 0 Å². The fourth-order valence-electron chi connectivity index (χ4n) is 3.61. The Bertz CT molecular complexity index is 956. The highest BCUT2D eigenvalue weighted by atomic mass is 16.6. The van der Waals surface area contributed by atoms with E-state index in [2.05, 4.69) is 10.6 Å². The van der Waals surface area contributed by atoms with E-state index in [-0.39, 0.29) is 26.0 Å². The number of hydrogen-bond donors (Lipinski definition) is 2. The van der Waals surface area contributed by atoms with Gasteiger partial charge in [-0.05, 0) is 43.0 Å². The Hall–Kier alpha value is -3.35. The van der Waals surface area contributed by atoms with Gasteiger partial charge in [0, 0.05) is 14.3 Å². The van der Waals surface area contributed by atoms with Gasteiger partial charge < -0.3 is 20.1 Å². The normalized spacial score (nSPS) is 14.0. The Morgan fingerprint density at radius 1 is 1.03 bits per heavy atom. The number of ether oxygens (including phenoxy) is 2. The van der Waals surface area contributed by atoms with Crippen molar-refractivity contribution in [2.45, 2.75) is 44.8 Å². The Morgan fingerprint density at radius 2 is 1.61 bits per heavy atom. The molecule has 0 aromatic heterocycles. The van der Waals surface area contributed by atoms with Crippen LogP contribution < -0.4 is 10.6 Å². The summed E-state index contributed by atoms with van der Waals surface area (Å²) < 4.78 is 17.9. The molecule has 0 heterocycles. The predicted molar refractivity (Wildman–Crippen MR) is 117 cm³/mol. The minimum Gasteiger partial charge on any atom is -0.458 e. The van der Waals surface area contributed by atoms with E-state index in [9.17, 15) is 14.4 Å². The maximum absolute atomic E-state index is 12.5. The third-order valence-electron chi connectivity index (χ3n) is 4.91. The van der Waals surface area contributed by atoms with Crippen molar-refractivity contribution >= 4 is 18.0 Å². The van der Waals surface area contributed by atoms with E-state index in [1.54, 1.807) is 20.8 Å². The zero-order valence-corrected chi connectivity index (χ0v) is 17.9. The Morgan fingerprint density at radius 3 is 2.16 bits per heavy atom. The molecule has 2 N–H and O–H groups in total. The van der Waals surface area contributed by atoms with Crippen LogP contribution in [-0.2, 0) is 19.1 Å². The maximum Gasteiger partial charge on any atom is 0.407 e. The van der Waals surface area contributed by atoms with Crippen LogP contribution in [0.15, 0.2) is 48.5 Å². The first kappa shape index (κ1) is 20.9. The minimum absolute atomic E-state index is 0.0831. The fourth-order valence-corrected chi connectivity index (χ4v) is 3.61. The average molecular weight is 426 g/mol. The smallest absolute Gasteiger partial charge is 0.407 e. The van der Waals surface area contributed by atoms with Gasteiger partial charge in [0.15, 0.2) is 0 Å². The summed E-state index contributed by atoms with van der Waals surface area (Å²) in [6.45, 7) is 5.16. The number of fused-ring (bicyclic) bond motifs is 3. The molecule has 7 heteroatoms. The summed E-state index contributed by atoms with van der Waals surface area (Å²) in [6.07, 6.45) is -1.17. The molecule has 3 rings (SSSR count). The minimum atomic E-state index is -1.23. The number of alkyl carbamates (subject to hydrolysis) is 1. The van der Waals surface area contributed by atoms with Crippen LogP contribution in [0.1, 0.15) is 45.6 Å². The molecule has 0 radical (unpaired) electrons. The molecule has 0 fully saturated rings. The number of carbonyl (C=O) groups excluding carboxylic acids is 3. The van der Waals surface area contributed by atoms with Crippen LogP contribution in [0.3, 0.4) is 0 Å². The predicted octanol–water partition coefficient (Wildman–Crippen LogP) is 3.37. The number of nitrogens with one attached hydrogen (secondary N) is 2. The highest BCUT2D eigenvalue weighted by Gasteiger charge is 2.31. The Balaban J connectivity index is 1.68. The monoisotopic (exact) mass is 425 g/mol. The summed E-state index contributed by atoms with van der Waals surface area (Å²) in [5.41, 5.74) is 3.57. The summed E-state index contributed by atoms with van der Waals surface area (Å²) in [7, 11) is -0.329. The first-order chi connectivity index (χ1) is 15.2. The van der Waals surface area contributed by atoms with E-state index in [1.807, 2.05) is 48.5 Å². The molecule has 1 aliphatic rings. The van der Waals surface area contributed by atoms with Crippen molar-refractivity contribution in [3.63, 3.8) is 0 Å². The molecule has 0 spiro atoms. The van der Waals surface area contributed by atoms with Gasteiger partial charge in [-0.3, -0.25) is 4.79 Å². The molecule has 0 saturated heterocycles. The number of amides is 2. The van der Waals surface area contributed by atoms with Crippen LogP contribution in [0.2, 0.25) is 0 Å². The molecule has 31 heavy (non-hydrogen) atoms. The van der Waals surface area contributed by atoms with Gasteiger partial charge in [0.25, 0.3) is 0 Å². The molecule has 1 aliphatic carbocycles. The third kappa shape index (κ3) is 5.42. The largest absolute Gasteiger partial charge is 0.458 e. The van der Waals surface area contributed by atoms with Crippen LogP contribution in [0.5, 0.6) is 0 Å². The average Bonchev–Trinajstić information content (AvgIpc) is 3.04. The third-order valence-corrected chi connectivity index (χ3v) is 4.91. The maximum atomic E-state index is 12.5. The number of carbonyl (C=O) groups is 3. The van der Waals surface area contributed by atoms with Gasteiger partial charge in [0.2, 0.25) is 5.91 Å². The van der Waals surface area contributed by atoms with Crippen molar-refractivity contribution in [3.05, 3.63) is 59.7 Å². The number of rotatable bonds is 6. The fraction of sp³-hybridized carbons (Fsp3) is 0.375.